The zero-order valence-corrected chi connectivity index (χ0v) is 11.8. The SMILES string of the molecule is FC(F)COc1nc2nc(Cl)nc(NCc3ccco3)c2[nH]1. The second-order valence-electron chi connectivity index (χ2n) is 4.22. The number of ether oxygens (including phenoxy) is 1. The monoisotopic (exact) mass is 329 g/mol. The molecule has 0 aliphatic carbocycles. The van der Waals surface area contributed by atoms with E-state index in [1.807, 2.05) is 0 Å². The van der Waals surface area contributed by atoms with E-state index in [-0.39, 0.29) is 16.9 Å². The van der Waals surface area contributed by atoms with Crippen molar-refractivity contribution >= 4 is 28.6 Å². The minimum Gasteiger partial charge on any atom is -0.467 e. The van der Waals surface area contributed by atoms with Crippen LogP contribution in [-0.2, 0) is 6.54 Å². The van der Waals surface area contributed by atoms with Gasteiger partial charge in [-0.15, -0.1) is 0 Å². The van der Waals surface area contributed by atoms with Crippen molar-refractivity contribution in [3.63, 3.8) is 0 Å². The van der Waals surface area contributed by atoms with Gasteiger partial charge in [0.05, 0.1) is 12.8 Å². The normalized spacial score (nSPS) is 11.3. The number of hydrogen-bond acceptors (Lipinski definition) is 6. The van der Waals surface area contributed by atoms with E-state index in [1.54, 1.807) is 18.4 Å². The van der Waals surface area contributed by atoms with Crippen LogP contribution in [0.15, 0.2) is 22.8 Å². The first-order chi connectivity index (χ1) is 10.6. The summed E-state index contributed by atoms with van der Waals surface area (Å²) in [5, 5.41) is 2.98. The van der Waals surface area contributed by atoms with E-state index in [0.717, 1.165) is 0 Å². The van der Waals surface area contributed by atoms with Crippen molar-refractivity contribution in [2.24, 2.45) is 0 Å². The molecule has 3 heterocycles. The Bertz CT molecular complexity index is 762. The summed E-state index contributed by atoms with van der Waals surface area (Å²) in [5.74, 6) is 1.06. The molecule has 22 heavy (non-hydrogen) atoms. The number of fused-ring (bicyclic) bond motifs is 1. The lowest BCUT2D eigenvalue weighted by molar-refractivity contribution is 0.0777. The molecule has 0 aliphatic rings. The second kappa shape index (κ2) is 6.14. The molecule has 7 nitrogen and oxygen atoms in total. The largest absolute Gasteiger partial charge is 0.467 e. The summed E-state index contributed by atoms with van der Waals surface area (Å²) < 4.78 is 34.3. The van der Waals surface area contributed by atoms with Crippen molar-refractivity contribution in [3.8, 4) is 6.01 Å². The van der Waals surface area contributed by atoms with Crippen LogP contribution < -0.4 is 10.1 Å². The summed E-state index contributed by atoms with van der Waals surface area (Å²) in [6.07, 6.45) is -1.05. The number of aromatic nitrogens is 4. The molecule has 0 saturated carbocycles. The molecule has 0 aromatic carbocycles. The van der Waals surface area contributed by atoms with Gasteiger partial charge in [-0.05, 0) is 23.7 Å². The molecule has 0 bridgehead atoms. The van der Waals surface area contributed by atoms with Crippen molar-refractivity contribution in [3.05, 3.63) is 29.4 Å². The van der Waals surface area contributed by atoms with Crippen LogP contribution in [-0.4, -0.2) is 33.0 Å². The van der Waals surface area contributed by atoms with Crippen molar-refractivity contribution in [1.82, 2.24) is 19.9 Å². The van der Waals surface area contributed by atoms with Crippen molar-refractivity contribution in [1.29, 1.82) is 0 Å². The van der Waals surface area contributed by atoms with E-state index in [4.69, 9.17) is 20.8 Å². The Labute approximate surface area is 127 Å². The lowest BCUT2D eigenvalue weighted by Gasteiger charge is -2.04. The third kappa shape index (κ3) is 3.25. The number of H-pyrrole nitrogens is 1. The molecule has 2 N–H and O–H groups in total. The van der Waals surface area contributed by atoms with E-state index in [0.29, 0.717) is 23.6 Å². The average Bonchev–Trinajstić information content (AvgIpc) is 3.11. The van der Waals surface area contributed by atoms with E-state index in [1.165, 1.54) is 0 Å². The fraction of sp³-hybridized carbons (Fsp3) is 0.250. The first-order valence-corrected chi connectivity index (χ1v) is 6.60. The number of anilines is 1. The summed E-state index contributed by atoms with van der Waals surface area (Å²) in [5.41, 5.74) is 0.617. The minimum absolute atomic E-state index is 0.0265. The number of furan rings is 1. The van der Waals surface area contributed by atoms with E-state index >= 15 is 0 Å². The summed E-state index contributed by atoms with van der Waals surface area (Å²) >= 11 is 5.82. The Morgan fingerprint density at radius 1 is 1.36 bits per heavy atom. The molecule has 3 aromatic rings. The van der Waals surface area contributed by atoms with Gasteiger partial charge in [0.2, 0.25) is 5.28 Å². The molecular weight excluding hydrogens is 320 g/mol. The molecule has 0 saturated heterocycles. The van der Waals surface area contributed by atoms with Crippen molar-refractivity contribution in [2.75, 3.05) is 11.9 Å². The summed E-state index contributed by atoms with van der Waals surface area (Å²) in [7, 11) is 0. The Hall–Kier alpha value is -2.42. The molecule has 0 aliphatic heterocycles. The Morgan fingerprint density at radius 3 is 2.95 bits per heavy atom. The van der Waals surface area contributed by atoms with Crippen molar-refractivity contribution in [2.45, 2.75) is 13.0 Å². The third-order valence-corrected chi connectivity index (χ3v) is 2.83. The highest BCUT2D eigenvalue weighted by molar-refractivity contribution is 6.28. The molecule has 116 valence electrons. The molecular formula is C12H10ClF2N5O2. The molecule has 0 amide bonds. The van der Waals surface area contributed by atoms with Crippen LogP contribution in [0.25, 0.3) is 11.2 Å². The number of nitrogens with one attached hydrogen (secondary N) is 2. The Kier molecular flexibility index (Phi) is 4.05. The van der Waals surface area contributed by atoms with Crippen LogP contribution >= 0.6 is 11.6 Å². The van der Waals surface area contributed by atoms with Gasteiger partial charge in [-0.1, -0.05) is 0 Å². The van der Waals surface area contributed by atoms with E-state index in [2.05, 4.69) is 25.3 Å². The molecule has 0 spiro atoms. The van der Waals surface area contributed by atoms with Gasteiger partial charge in [0.1, 0.15) is 11.3 Å². The van der Waals surface area contributed by atoms with Gasteiger partial charge in [-0.25, -0.2) is 8.78 Å². The third-order valence-electron chi connectivity index (χ3n) is 2.66. The van der Waals surface area contributed by atoms with Crippen molar-refractivity contribution < 1.29 is 17.9 Å². The molecule has 3 rings (SSSR count). The summed E-state index contributed by atoms with van der Waals surface area (Å²) in [6.45, 7) is -0.405. The van der Waals surface area contributed by atoms with Gasteiger partial charge in [-0.2, -0.15) is 15.0 Å². The van der Waals surface area contributed by atoms with Crippen LogP contribution in [0.3, 0.4) is 0 Å². The van der Waals surface area contributed by atoms with Crippen LogP contribution in [0.1, 0.15) is 5.76 Å². The quantitative estimate of drug-likeness (QED) is 0.676. The number of rotatable bonds is 6. The van der Waals surface area contributed by atoms with Crippen LogP contribution in [0.2, 0.25) is 5.28 Å². The lowest BCUT2D eigenvalue weighted by atomic mass is 10.4. The van der Waals surface area contributed by atoms with Gasteiger partial charge < -0.3 is 19.5 Å². The smallest absolute Gasteiger partial charge is 0.296 e. The summed E-state index contributed by atoms with van der Waals surface area (Å²) in [6, 6.07) is 3.47. The molecule has 0 unspecified atom stereocenters. The minimum atomic E-state index is -2.60. The topological polar surface area (TPSA) is 88.9 Å². The number of hydrogen-bond donors (Lipinski definition) is 2. The highest BCUT2D eigenvalue weighted by atomic mass is 35.5. The molecule has 0 fully saturated rings. The van der Waals surface area contributed by atoms with Crippen LogP contribution in [0.4, 0.5) is 14.6 Å². The van der Waals surface area contributed by atoms with Gasteiger partial charge in [0, 0.05) is 0 Å². The molecule has 0 atom stereocenters. The highest BCUT2D eigenvalue weighted by Gasteiger charge is 2.14. The van der Waals surface area contributed by atoms with Crippen LogP contribution in [0, 0.1) is 0 Å². The number of aromatic amines is 1. The molecule has 10 heteroatoms. The number of halogens is 3. The van der Waals surface area contributed by atoms with E-state index < -0.39 is 13.0 Å². The van der Waals surface area contributed by atoms with E-state index in [9.17, 15) is 8.78 Å². The number of nitrogens with zero attached hydrogens (tertiary/aromatic N) is 3. The Morgan fingerprint density at radius 2 is 2.23 bits per heavy atom. The maximum absolute atomic E-state index is 12.2. The zero-order chi connectivity index (χ0) is 15.5. The number of alkyl halides is 2. The molecule has 3 aromatic heterocycles. The zero-order valence-electron chi connectivity index (χ0n) is 11.0. The Balaban J connectivity index is 1.84. The second-order valence-corrected chi connectivity index (χ2v) is 4.55. The fourth-order valence-corrected chi connectivity index (χ4v) is 1.94. The molecule has 0 radical (unpaired) electrons. The predicted octanol–water partition coefficient (Wildman–Crippen LogP) is 2.86. The van der Waals surface area contributed by atoms with Gasteiger partial charge in [0.25, 0.3) is 12.4 Å². The standard InChI is InChI=1S/C12H10ClF2N5O2/c13-11-18-9(16-4-6-2-1-3-21-6)8-10(19-11)20-12(17-8)22-5-7(14)15/h1-3,7H,4-5H2,(H2,16,17,18,19,20). The number of imidazole rings is 1. The maximum Gasteiger partial charge on any atom is 0.296 e. The first-order valence-electron chi connectivity index (χ1n) is 6.22. The lowest BCUT2D eigenvalue weighted by Crippen LogP contribution is -2.07. The van der Waals surface area contributed by atoms with Gasteiger partial charge in [0.15, 0.2) is 18.1 Å². The van der Waals surface area contributed by atoms with Gasteiger partial charge in [-0.3, -0.25) is 0 Å². The highest BCUT2D eigenvalue weighted by Crippen LogP contribution is 2.23. The first kappa shape index (κ1) is 14.5. The maximum atomic E-state index is 12.2. The fourth-order valence-electron chi connectivity index (χ4n) is 1.77. The van der Waals surface area contributed by atoms with Crippen LogP contribution in [0.5, 0.6) is 6.01 Å². The summed E-state index contributed by atoms with van der Waals surface area (Å²) in [4.78, 5) is 14.6. The average molecular weight is 330 g/mol. The predicted molar refractivity (Wildman–Crippen MR) is 74.2 cm³/mol. The van der Waals surface area contributed by atoms with Gasteiger partial charge >= 0.3 is 0 Å².